The van der Waals surface area contributed by atoms with Gasteiger partial charge in [0.05, 0.1) is 16.4 Å². The van der Waals surface area contributed by atoms with Crippen molar-refractivity contribution in [3.05, 3.63) is 91.9 Å². The highest BCUT2D eigenvalue weighted by atomic mass is 35.5. The van der Waals surface area contributed by atoms with E-state index in [0.29, 0.717) is 33.8 Å². The van der Waals surface area contributed by atoms with Crippen LogP contribution in [0.2, 0.25) is 10.0 Å². The molecule has 0 aliphatic carbocycles. The Labute approximate surface area is 193 Å². The number of thiophene rings is 1. The van der Waals surface area contributed by atoms with E-state index in [1.54, 1.807) is 23.1 Å². The topological polar surface area (TPSA) is 69.0 Å². The monoisotopic (exact) mass is 472 g/mol. The van der Waals surface area contributed by atoms with Gasteiger partial charge >= 0.3 is 0 Å². The van der Waals surface area contributed by atoms with Gasteiger partial charge in [0.25, 0.3) is 5.91 Å². The van der Waals surface area contributed by atoms with Crippen molar-refractivity contribution < 1.29 is 9.53 Å². The summed E-state index contributed by atoms with van der Waals surface area (Å²) in [5.41, 5.74) is 2.94. The van der Waals surface area contributed by atoms with Crippen molar-refractivity contribution in [2.24, 2.45) is 0 Å². The molecule has 0 saturated carbocycles. The van der Waals surface area contributed by atoms with Crippen molar-refractivity contribution in [2.75, 3.05) is 5.32 Å². The first kappa shape index (κ1) is 21.4. The van der Waals surface area contributed by atoms with Crippen molar-refractivity contribution in [1.29, 1.82) is 0 Å². The number of rotatable bonds is 7. The van der Waals surface area contributed by atoms with Gasteiger partial charge in [-0.15, -0.1) is 16.4 Å². The van der Waals surface area contributed by atoms with Gasteiger partial charge in [-0.1, -0.05) is 41.4 Å². The van der Waals surface area contributed by atoms with Crippen molar-refractivity contribution in [3.8, 4) is 5.75 Å². The first-order valence-electron chi connectivity index (χ1n) is 9.38. The highest BCUT2D eigenvalue weighted by molar-refractivity contribution is 7.12. The number of benzene rings is 2. The lowest BCUT2D eigenvalue weighted by molar-refractivity contribution is 0.102. The van der Waals surface area contributed by atoms with E-state index in [1.165, 1.54) is 11.3 Å². The molecule has 0 unspecified atom stereocenters. The first-order chi connectivity index (χ1) is 15.0. The fraction of sp³-hybridized carbons (Fsp3) is 0.136. The van der Waals surface area contributed by atoms with Crippen LogP contribution in [0.15, 0.2) is 60.2 Å². The summed E-state index contributed by atoms with van der Waals surface area (Å²) in [6, 6.07) is 14.9. The van der Waals surface area contributed by atoms with Gasteiger partial charge in [-0.3, -0.25) is 10.1 Å². The Kier molecular flexibility index (Phi) is 6.56. The minimum absolute atomic E-state index is 0.241. The molecule has 0 radical (unpaired) electrons. The van der Waals surface area contributed by atoms with Crippen LogP contribution in [0.5, 0.6) is 5.75 Å². The van der Waals surface area contributed by atoms with Gasteiger partial charge < -0.3 is 4.74 Å². The van der Waals surface area contributed by atoms with Crippen LogP contribution in [-0.2, 0) is 13.2 Å². The SMILES string of the molecule is Cc1ccc(Cl)c(OCc2csc(C(=O)Nc3ncn(Cc4cccc(Cl)c4)n3)c2)c1. The quantitative estimate of drug-likeness (QED) is 0.367. The molecule has 1 N–H and O–H groups in total. The molecular weight excluding hydrogens is 455 g/mol. The van der Waals surface area contributed by atoms with E-state index in [-0.39, 0.29) is 11.9 Å². The average Bonchev–Trinajstić information content (AvgIpc) is 3.38. The van der Waals surface area contributed by atoms with Crippen molar-refractivity contribution in [3.63, 3.8) is 0 Å². The maximum Gasteiger partial charge on any atom is 0.268 e. The third kappa shape index (κ3) is 5.64. The molecular formula is C22H18Cl2N4O2S. The smallest absolute Gasteiger partial charge is 0.268 e. The Hall–Kier alpha value is -2.87. The molecule has 0 atom stereocenters. The fourth-order valence-corrected chi connectivity index (χ4v) is 4.04. The number of nitrogens with zero attached hydrogens (tertiary/aromatic N) is 3. The van der Waals surface area contributed by atoms with Crippen LogP contribution in [-0.4, -0.2) is 20.7 Å². The van der Waals surface area contributed by atoms with Crippen LogP contribution in [0.25, 0.3) is 0 Å². The number of halogens is 2. The van der Waals surface area contributed by atoms with Gasteiger partial charge in [0.15, 0.2) is 0 Å². The maximum atomic E-state index is 12.5. The molecule has 2 aromatic carbocycles. The van der Waals surface area contributed by atoms with Crippen LogP contribution in [0.4, 0.5) is 5.95 Å². The summed E-state index contributed by atoms with van der Waals surface area (Å²) in [5, 5.41) is 10.1. The number of carbonyl (C=O) groups is 1. The average molecular weight is 473 g/mol. The van der Waals surface area contributed by atoms with Gasteiger partial charge in [0.2, 0.25) is 5.95 Å². The third-order valence-electron chi connectivity index (χ3n) is 4.35. The molecule has 1 amide bonds. The molecule has 0 aliphatic rings. The van der Waals surface area contributed by atoms with E-state index in [1.807, 2.05) is 48.7 Å². The molecule has 0 aliphatic heterocycles. The lowest BCUT2D eigenvalue weighted by atomic mass is 10.2. The van der Waals surface area contributed by atoms with Gasteiger partial charge in [0, 0.05) is 10.6 Å². The summed E-state index contributed by atoms with van der Waals surface area (Å²) in [4.78, 5) is 17.2. The molecule has 6 nitrogen and oxygen atoms in total. The van der Waals surface area contributed by atoms with E-state index in [4.69, 9.17) is 27.9 Å². The molecule has 9 heteroatoms. The van der Waals surface area contributed by atoms with Crippen LogP contribution >= 0.6 is 34.5 Å². The number of anilines is 1. The minimum Gasteiger partial charge on any atom is -0.487 e. The second kappa shape index (κ2) is 9.51. The number of ether oxygens (including phenoxy) is 1. The second-order valence-corrected chi connectivity index (χ2v) is 8.65. The Balaban J connectivity index is 1.35. The van der Waals surface area contributed by atoms with Crippen LogP contribution in [0.1, 0.15) is 26.4 Å². The van der Waals surface area contributed by atoms with E-state index in [2.05, 4.69) is 15.4 Å². The number of hydrogen-bond donors (Lipinski definition) is 1. The second-order valence-electron chi connectivity index (χ2n) is 6.89. The Morgan fingerprint density at radius 1 is 1.16 bits per heavy atom. The van der Waals surface area contributed by atoms with Crippen LogP contribution in [0, 0.1) is 6.92 Å². The highest BCUT2D eigenvalue weighted by Gasteiger charge is 2.13. The summed E-state index contributed by atoms with van der Waals surface area (Å²) in [7, 11) is 0. The Morgan fingerprint density at radius 2 is 2.03 bits per heavy atom. The van der Waals surface area contributed by atoms with Crippen molar-refractivity contribution in [2.45, 2.75) is 20.1 Å². The van der Waals surface area contributed by atoms with Gasteiger partial charge in [-0.05, 0) is 53.8 Å². The first-order valence-corrected chi connectivity index (χ1v) is 11.0. The normalized spacial score (nSPS) is 10.8. The number of aryl methyl sites for hydroxylation is 1. The summed E-state index contributed by atoms with van der Waals surface area (Å²) in [6.07, 6.45) is 1.57. The van der Waals surface area contributed by atoms with E-state index >= 15 is 0 Å². The zero-order chi connectivity index (χ0) is 21.8. The number of hydrogen-bond acceptors (Lipinski definition) is 5. The molecule has 0 fully saturated rings. The van der Waals surface area contributed by atoms with E-state index in [9.17, 15) is 4.79 Å². The van der Waals surface area contributed by atoms with E-state index < -0.39 is 0 Å². The molecule has 2 heterocycles. The summed E-state index contributed by atoms with van der Waals surface area (Å²) >= 11 is 13.5. The van der Waals surface area contributed by atoms with Gasteiger partial charge in [-0.25, -0.2) is 9.67 Å². The number of aromatic nitrogens is 3. The summed E-state index contributed by atoms with van der Waals surface area (Å²) in [6.45, 7) is 2.80. The summed E-state index contributed by atoms with van der Waals surface area (Å²) < 4.78 is 7.43. The molecule has 2 aromatic heterocycles. The van der Waals surface area contributed by atoms with Crippen LogP contribution < -0.4 is 10.1 Å². The number of carbonyl (C=O) groups excluding carboxylic acids is 1. The largest absolute Gasteiger partial charge is 0.487 e. The van der Waals surface area contributed by atoms with E-state index in [0.717, 1.165) is 16.7 Å². The molecule has 158 valence electrons. The zero-order valence-corrected chi connectivity index (χ0v) is 18.8. The van der Waals surface area contributed by atoms with Crippen molar-refractivity contribution in [1.82, 2.24) is 14.8 Å². The predicted octanol–water partition coefficient (Wildman–Crippen LogP) is 5.83. The molecule has 0 saturated heterocycles. The molecule has 0 spiro atoms. The number of nitrogens with one attached hydrogen (secondary N) is 1. The molecule has 31 heavy (non-hydrogen) atoms. The van der Waals surface area contributed by atoms with Gasteiger partial charge in [0.1, 0.15) is 18.7 Å². The Morgan fingerprint density at radius 3 is 2.87 bits per heavy atom. The highest BCUT2D eigenvalue weighted by Crippen LogP contribution is 2.27. The molecule has 4 rings (SSSR count). The maximum absolute atomic E-state index is 12.5. The Bertz CT molecular complexity index is 1220. The number of amides is 1. The standard InChI is InChI=1S/C22H18Cl2N4O2S/c1-14-5-6-18(24)19(7-14)30-11-16-9-20(31-12-16)21(29)26-22-25-13-28(27-22)10-15-3-2-4-17(23)8-15/h2-9,12-13H,10-11H2,1H3,(H,26,27,29). The third-order valence-corrected chi connectivity index (χ3v) is 5.88. The minimum atomic E-state index is -0.273. The van der Waals surface area contributed by atoms with Gasteiger partial charge in [-0.2, -0.15) is 0 Å². The lowest BCUT2D eigenvalue weighted by Crippen LogP contribution is -2.12. The van der Waals surface area contributed by atoms with Crippen LogP contribution in [0.3, 0.4) is 0 Å². The zero-order valence-electron chi connectivity index (χ0n) is 16.5. The molecule has 4 aromatic rings. The van der Waals surface area contributed by atoms with Crippen molar-refractivity contribution >= 4 is 46.4 Å². The fourth-order valence-electron chi connectivity index (χ4n) is 2.87. The summed E-state index contributed by atoms with van der Waals surface area (Å²) in [5.74, 6) is 0.587. The predicted molar refractivity (Wildman–Crippen MR) is 123 cm³/mol. The lowest BCUT2D eigenvalue weighted by Gasteiger charge is -2.07. The molecule has 0 bridgehead atoms.